The van der Waals surface area contributed by atoms with Gasteiger partial charge in [0, 0.05) is 49.3 Å². The maximum Gasteiger partial charge on any atom is 0.254 e. The summed E-state index contributed by atoms with van der Waals surface area (Å²) >= 11 is 1.60. The van der Waals surface area contributed by atoms with E-state index in [4.69, 9.17) is 11.7 Å². The molecular weight excluding hydrogens is 340 g/mol. The highest BCUT2D eigenvalue weighted by Gasteiger charge is 2.25. The first-order valence-electron chi connectivity index (χ1n) is 8.35. The summed E-state index contributed by atoms with van der Waals surface area (Å²) in [5.74, 6) is 11.4. The number of nitrogens with two attached hydrogens (primary N) is 2. The van der Waals surface area contributed by atoms with E-state index in [1.54, 1.807) is 21.1 Å². The highest BCUT2D eigenvalue weighted by atomic mass is 32.1. The van der Waals surface area contributed by atoms with Gasteiger partial charge in [-0.05, 0) is 12.0 Å². The quantitative estimate of drug-likeness (QED) is 0.306. The lowest BCUT2D eigenvalue weighted by molar-refractivity contribution is -0.130. The van der Waals surface area contributed by atoms with Crippen LogP contribution in [0.4, 0.5) is 0 Å². The molecule has 5 N–H and O–H groups in total. The third-order valence-corrected chi connectivity index (χ3v) is 5.49. The third kappa shape index (κ3) is 4.93. The number of carbonyl (C=O) groups is 2. The molecule has 2 amide bonds. The lowest BCUT2D eigenvalue weighted by Gasteiger charge is -2.22. The van der Waals surface area contributed by atoms with Crippen molar-refractivity contribution >= 4 is 29.0 Å². The standard InChI is InChI=1S/C16H26N6O2S/c1-11(2)13-9-12(10-25-13)16(24)22-6-4-15(23)21(7-8-22)5-3-14(19-17)20-18/h9-11H,3-8,17-18H2,1-2H3,(H,19,20). The first-order chi connectivity index (χ1) is 12.0. The average molecular weight is 366 g/mol. The van der Waals surface area contributed by atoms with Crippen molar-refractivity contribution in [1.29, 1.82) is 0 Å². The topological polar surface area (TPSA) is 117 Å². The Hall–Kier alpha value is -2.13. The molecular formula is C16H26N6O2S. The van der Waals surface area contributed by atoms with Crippen molar-refractivity contribution in [2.75, 3.05) is 26.2 Å². The van der Waals surface area contributed by atoms with Crippen LogP contribution in [0.1, 0.15) is 47.8 Å². The first-order valence-corrected chi connectivity index (χ1v) is 9.23. The Labute approximate surface area is 151 Å². The van der Waals surface area contributed by atoms with Crippen LogP contribution in [0.5, 0.6) is 0 Å². The number of carbonyl (C=O) groups excluding carboxylic acids is 2. The Morgan fingerprint density at radius 1 is 1.40 bits per heavy atom. The van der Waals surface area contributed by atoms with E-state index in [0.29, 0.717) is 56.3 Å². The molecule has 1 aromatic rings. The number of hydrazone groups is 1. The van der Waals surface area contributed by atoms with Gasteiger partial charge >= 0.3 is 0 Å². The van der Waals surface area contributed by atoms with Crippen molar-refractivity contribution in [3.8, 4) is 0 Å². The van der Waals surface area contributed by atoms with Gasteiger partial charge in [0.15, 0.2) is 0 Å². The fraction of sp³-hybridized carbons (Fsp3) is 0.562. The molecule has 1 fully saturated rings. The van der Waals surface area contributed by atoms with Gasteiger partial charge in [-0.1, -0.05) is 13.8 Å². The normalized spacial score (nSPS) is 16.3. The maximum absolute atomic E-state index is 12.7. The number of nitrogens with one attached hydrogen (secondary N) is 1. The minimum Gasteiger partial charge on any atom is -0.340 e. The average Bonchev–Trinajstić information content (AvgIpc) is 3.02. The summed E-state index contributed by atoms with van der Waals surface area (Å²) in [6.45, 7) is 6.14. The summed E-state index contributed by atoms with van der Waals surface area (Å²) in [7, 11) is 0. The second-order valence-corrected chi connectivity index (χ2v) is 7.23. The fourth-order valence-electron chi connectivity index (χ4n) is 2.67. The molecule has 0 aliphatic carbocycles. The molecule has 25 heavy (non-hydrogen) atoms. The number of thiophene rings is 1. The minimum absolute atomic E-state index is 0.00867. The number of hydrogen-bond acceptors (Lipinski definition) is 6. The van der Waals surface area contributed by atoms with Gasteiger partial charge in [0.05, 0.1) is 5.56 Å². The Kier molecular flexibility index (Phi) is 6.77. The zero-order valence-corrected chi connectivity index (χ0v) is 15.5. The molecule has 0 saturated carbocycles. The van der Waals surface area contributed by atoms with Gasteiger partial charge < -0.3 is 21.1 Å². The van der Waals surface area contributed by atoms with Crippen molar-refractivity contribution in [3.05, 3.63) is 21.9 Å². The Balaban J connectivity index is 1.97. The largest absolute Gasteiger partial charge is 0.340 e. The predicted molar refractivity (Wildman–Crippen MR) is 99.1 cm³/mol. The van der Waals surface area contributed by atoms with Crippen LogP contribution in [0.15, 0.2) is 16.5 Å². The van der Waals surface area contributed by atoms with Crippen molar-refractivity contribution in [2.45, 2.75) is 32.6 Å². The van der Waals surface area contributed by atoms with Crippen LogP contribution in [0, 0.1) is 0 Å². The van der Waals surface area contributed by atoms with E-state index in [9.17, 15) is 9.59 Å². The number of rotatable bonds is 5. The minimum atomic E-state index is -0.00867. The summed E-state index contributed by atoms with van der Waals surface area (Å²) in [5.41, 5.74) is 3.11. The molecule has 1 aromatic heterocycles. The summed E-state index contributed by atoms with van der Waals surface area (Å²) in [6, 6.07) is 1.96. The van der Waals surface area contributed by atoms with Crippen LogP contribution in [-0.4, -0.2) is 53.6 Å². The highest BCUT2D eigenvalue weighted by molar-refractivity contribution is 7.10. The van der Waals surface area contributed by atoms with E-state index in [1.165, 1.54) is 4.88 Å². The molecule has 0 atom stereocenters. The van der Waals surface area contributed by atoms with Gasteiger partial charge in [-0.15, -0.1) is 11.3 Å². The predicted octanol–water partition coefficient (Wildman–Crippen LogP) is 0.672. The second kappa shape index (κ2) is 8.82. The van der Waals surface area contributed by atoms with E-state index in [0.717, 1.165) is 0 Å². The number of nitrogens with zero attached hydrogens (tertiary/aromatic N) is 3. The monoisotopic (exact) mass is 366 g/mol. The molecule has 0 radical (unpaired) electrons. The van der Waals surface area contributed by atoms with Gasteiger partial charge in [0.25, 0.3) is 5.91 Å². The summed E-state index contributed by atoms with van der Waals surface area (Å²) in [6.07, 6.45) is 0.771. The second-order valence-electron chi connectivity index (χ2n) is 6.29. The molecule has 1 aliphatic rings. The molecule has 138 valence electrons. The molecule has 0 bridgehead atoms. The zero-order valence-electron chi connectivity index (χ0n) is 14.7. The van der Waals surface area contributed by atoms with E-state index in [1.807, 2.05) is 11.4 Å². The maximum atomic E-state index is 12.7. The van der Waals surface area contributed by atoms with E-state index >= 15 is 0 Å². The molecule has 2 rings (SSSR count). The van der Waals surface area contributed by atoms with Crippen molar-refractivity contribution in [2.24, 2.45) is 16.8 Å². The number of hydrogen-bond donors (Lipinski definition) is 3. The van der Waals surface area contributed by atoms with Gasteiger partial charge in [0.2, 0.25) is 5.91 Å². The van der Waals surface area contributed by atoms with Crippen LogP contribution >= 0.6 is 11.3 Å². The number of amidine groups is 1. The van der Waals surface area contributed by atoms with Crippen molar-refractivity contribution in [3.63, 3.8) is 0 Å². The van der Waals surface area contributed by atoms with Crippen LogP contribution in [0.2, 0.25) is 0 Å². The molecule has 2 heterocycles. The smallest absolute Gasteiger partial charge is 0.254 e. The number of amides is 2. The lowest BCUT2D eigenvalue weighted by Crippen LogP contribution is -2.39. The lowest BCUT2D eigenvalue weighted by atomic mass is 10.1. The molecule has 0 unspecified atom stereocenters. The molecule has 0 spiro atoms. The third-order valence-electron chi connectivity index (χ3n) is 4.25. The Morgan fingerprint density at radius 2 is 2.16 bits per heavy atom. The van der Waals surface area contributed by atoms with Gasteiger partial charge in [-0.25, -0.2) is 5.84 Å². The Morgan fingerprint density at radius 3 is 2.76 bits per heavy atom. The van der Waals surface area contributed by atoms with Crippen LogP contribution in [0.3, 0.4) is 0 Å². The van der Waals surface area contributed by atoms with Crippen molar-refractivity contribution < 1.29 is 9.59 Å². The summed E-state index contributed by atoms with van der Waals surface area (Å²) in [5, 5.41) is 5.42. The molecule has 8 nitrogen and oxygen atoms in total. The van der Waals surface area contributed by atoms with Crippen LogP contribution in [0.25, 0.3) is 0 Å². The van der Waals surface area contributed by atoms with Gasteiger partial charge in [0.1, 0.15) is 5.84 Å². The highest BCUT2D eigenvalue weighted by Crippen LogP contribution is 2.24. The first kappa shape index (κ1) is 19.2. The van der Waals surface area contributed by atoms with Gasteiger partial charge in [-0.2, -0.15) is 5.10 Å². The van der Waals surface area contributed by atoms with E-state index in [2.05, 4.69) is 24.4 Å². The molecule has 1 saturated heterocycles. The fourth-order valence-corrected chi connectivity index (χ4v) is 3.57. The molecule has 1 aliphatic heterocycles. The van der Waals surface area contributed by atoms with Crippen molar-refractivity contribution in [1.82, 2.24) is 15.2 Å². The molecule has 0 aromatic carbocycles. The van der Waals surface area contributed by atoms with Gasteiger partial charge in [-0.3, -0.25) is 9.59 Å². The van der Waals surface area contributed by atoms with Crippen LogP contribution < -0.4 is 17.1 Å². The zero-order chi connectivity index (χ0) is 18.4. The van der Waals surface area contributed by atoms with Crippen LogP contribution in [-0.2, 0) is 4.79 Å². The summed E-state index contributed by atoms with van der Waals surface area (Å²) in [4.78, 5) is 29.6. The molecule has 9 heteroatoms. The van der Waals surface area contributed by atoms with E-state index < -0.39 is 0 Å². The summed E-state index contributed by atoms with van der Waals surface area (Å²) < 4.78 is 0. The Bertz CT molecular complexity index is 642. The van der Waals surface area contributed by atoms with E-state index in [-0.39, 0.29) is 11.8 Å². The number of hydrazine groups is 1. The SMILES string of the molecule is CC(C)c1cc(C(=O)N2CCC(=O)N(CC/C(=N/N)NN)CC2)cs1.